The Morgan fingerprint density at radius 3 is 2.43 bits per heavy atom. The molecular weight excluding hydrogens is 695 g/mol. The smallest absolute Gasteiger partial charge is 0.264 e. The van der Waals surface area contributed by atoms with Gasteiger partial charge in [-0.3, -0.25) is 19.3 Å². The van der Waals surface area contributed by atoms with Gasteiger partial charge in [0.15, 0.2) is 5.60 Å². The molecule has 0 radical (unpaired) electrons. The molecule has 1 saturated heterocycles. The second-order valence-corrected chi connectivity index (χ2v) is 19.8. The van der Waals surface area contributed by atoms with Crippen molar-refractivity contribution in [3.05, 3.63) is 126 Å². The van der Waals surface area contributed by atoms with Crippen LogP contribution in [0.5, 0.6) is 5.75 Å². The van der Waals surface area contributed by atoms with Crippen LogP contribution < -0.4 is 19.7 Å². The zero-order chi connectivity index (χ0) is 38.2. The monoisotopic (exact) mass is 743 g/mol. The number of aliphatic hydroxyl groups is 1. The Labute approximate surface area is 318 Å². The molecule has 4 aromatic carbocycles. The standard InChI is InChI=1S/C44H49N3O6Si/c1-6-24-46-38-22-17-33(47-37-15-11-10-14-32(37)16-23-40(47)49)27-36(38)44(43(46)51)30(2)42(54(4,5)35-20-18-34(52-3)19-21-35)39(53-44)28-41(50)45(25-26-48)29-31-12-8-7-9-13-31/h6-15,17-22,27,30,39,42,48H,1,16,23-26,28-29H2,2-5H3/t30-,39+,42-,44+/m0/s1. The summed E-state index contributed by atoms with van der Waals surface area (Å²) in [4.78, 5) is 48.2. The first-order valence-electron chi connectivity index (χ1n) is 18.8. The van der Waals surface area contributed by atoms with Gasteiger partial charge in [0, 0.05) is 43.2 Å². The molecule has 3 aliphatic rings. The number of nitrogens with zero attached hydrogens (tertiary/aromatic N) is 3. The van der Waals surface area contributed by atoms with Crippen LogP contribution in [0.1, 0.15) is 36.5 Å². The lowest BCUT2D eigenvalue weighted by atomic mass is 9.82. The first-order chi connectivity index (χ1) is 26.0. The normalized spacial score (nSPS) is 22.0. The van der Waals surface area contributed by atoms with Crippen LogP contribution >= 0.6 is 0 Å². The number of ether oxygens (including phenoxy) is 2. The number of aliphatic hydroxyl groups excluding tert-OH is 1. The first kappa shape index (κ1) is 37.3. The highest BCUT2D eigenvalue weighted by Crippen LogP contribution is 2.60. The van der Waals surface area contributed by atoms with E-state index in [4.69, 9.17) is 9.47 Å². The predicted molar refractivity (Wildman–Crippen MR) is 214 cm³/mol. The molecular formula is C44H49N3O6Si. The molecule has 0 bridgehead atoms. The predicted octanol–water partition coefficient (Wildman–Crippen LogP) is 6.47. The molecule has 0 aromatic heterocycles. The molecule has 10 heteroatoms. The molecule has 54 heavy (non-hydrogen) atoms. The zero-order valence-electron chi connectivity index (χ0n) is 31.5. The maximum absolute atomic E-state index is 15.1. The Hall–Kier alpha value is -5.03. The molecule has 280 valence electrons. The minimum absolute atomic E-state index is 0.00727. The van der Waals surface area contributed by atoms with Crippen molar-refractivity contribution in [3.63, 3.8) is 0 Å². The molecule has 0 unspecified atom stereocenters. The lowest BCUT2D eigenvalue weighted by Gasteiger charge is -2.37. The summed E-state index contributed by atoms with van der Waals surface area (Å²) in [7, 11) is -0.903. The third-order valence-corrected chi connectivity index (χ3v) is 16.2. The van der Waals surface area contributed by atoms with Gasteiger partial charge >= 0.3 is 0 Å². The number of rotatable bonds is 12. The molecule has 3 amide bonds. The van der Waals surface area contributed by atoms with Gasteiger partial charge in [-0.1, -0.05) is 91.9 Å². The van der Waals surface area contributed by atoms with Crippen molar-refractivity contribution in [2.75, 3.05) is 36.6 Å². The lowest BCUT2D eigenvalue weighted by Crippen LogP contribution is -2.52. The van der Waals surface area contributed by atoms with E-state index in [0.29, 0.717) is 36.3 Å². The number of para-hydroxylation sites is 1. The maximum atomic E-state index is 15.1. The summed E-state index contributed by atoms with van der Waals surface area (Å²) in [5.74, 6) is 0.0598. The molecule has 9 nitrogen and oxygen atoms in total. The van der Waals surface area contributed by atoms with Crippen LogP contribution in [-0.2, 0) is 37.7 Å². The molecule has 4 atom stereocenters. The summed E-state index contributed by atoms with van der Waals surface area (Å²) in [6.45, 7) is 11.3. The van der Waals surface area contributed by atoms with E-state index >= 15 is 4.79 Å². The molecule has 0 aliphatic carbocycles. The minimum atomic E-state index is -2.55. The van der Waals surface area contributed by atoms with Crippen molar-refractivity contribution in [1.29, 1.82) is 0 Å². The van der Waals surface area contributed by atoms with Crippen molar-refractivity contribution in [2.24, 2.45) is 5.92 Å². The topological polar surface area (TPSA) is 99.6 Å². The number of aryl methyl sites for hydroxylation is 1. The second kappa shape index (κ2) is 15.0. The number of hydrogen-bond acceptors (Lipinski definition) is 6. The largest absolute Gasteiger partial charge is 0.497 e. The molecule has 0 saturated carbocycles. The van der Waals surface area contributed by atoms with Crippen LogP contribution in [0.3, 0.4) is 0 Å². The number of carbonyl (C=O) groups excluding carboxylic acids is 3. The fourth-order valence-electron chi connectivity index (χ4n) is 9.18. The van der Waals surface area contributed by atoms with Crippen molar-refractivity contribution >= 4 is 48.0 Å². The van der Waals surface area contributed by atoms with E-state index in [1.165, 1.54) is 0 Å². The molecule has 1 spiro atoms. The van der Waals surface area contributed by atoms with Crippen molar-refractivity contribution < 1.29 is 29.0 Å². The van der Waals surface area contributed by atoms with Crippen LogP contribution in [0.2, 0.25) is 18.6 Å². The van der Waals surface area contributed by atoms with Crippen LogP contribution in [0.4, 0.5) is 17.1 Å². The summed E-state index contributed by atoms with van der Waals surface area (Å²) in [5.41, 5.74) is 3.39. The van der Waals surface area contributed by atoms with E-state index in [-0.39, 0.29) is 55.3 Å². The van der Waals surface area contributed by atoms with Crippen LogP contribution in [-0.4, -0.2) is 68.7 Å². The number of benzene rings is 4. The van der Waals surface area contributed by atoms with E-state index in [1.54, 1.807) is 27.9 Å². The van der Waals surface area contributed by atoms with E-state index in [9.17, 15) is 14.7 Å². The third-order valence-electron chi connectivity index (χ3n) is 11.8. The van der Waals surface area contributed by atoms with E-state index in [1.807, 2.05) is 78.9 Å². The molecule has 1 fully saturated rings. The number of carbonyl (C=O) groups is 3. The van der Waals surface area contributed by atoms with Crippen LogP contribution in [0, 0.1) is 5.92 Å². The molecule has 7 rings (SSSR count). The number of fused-ring (bicyclic) bond motifs is 3. The van der Waals surface area contributed by atoms with E-state index < -0.39 is 19.8 Å². The summed E-state index contributed by atoms with van der Waals surface area (Å²) < 4.78 is 12.8. The summed E-state index contributed by atoms with van der Waals surface area (Å²) in [6, 6.07) is 31.6. The average molecular weight is 744 g/mol. The van der Waals surface area contributed by atoms with Crippen molar-refractivity contribution in [1.82, 2.24) is 4.90 Å². The number of amides is 3. The van der Waals surface area contributed by atoms with Crippen LogP contribution in [0.15, 0.2) is 110 Å². The fraction of sp³-hybridized carbons (Fsp3) is 0.341. The number of anilines is 3. The Morgan fingerprint density at radius 1 is 1.00 bits per heavy atom. The second-order valence-electron chi connectivity index (χ2n) is 15.1. The van der Waals surface area contributed by atoms with Crippen LogP contribution in [0.25, 0.3) is 0 Å². The first-order valence-corrected chi connectivity index (χ1v) is 21.9. The van der Waals surface area contributed by atoms with Crippen molar-refractivity contribution in [2.45, 2.75) is 63.1 Å². The van der Waals surface area contributed by atoms with Gasteiger partial charge in [0.1, 0.15) is 5.75 Å². The highest BCUT2D eigenvalue weighted by atomic mass is 28.3. The highest BCUT2D eigenvalue weighted by Gasteiger charge is 2.66. The van der Waals surface area contributed by atoms with E-state index in [0.717, 1.165) is 27.8 Å². The van der Waals surface area contributed by atoms with Gasteiger partial charge in [0.2, 0.25) is 11.8 Å². The summed E-state index contributed by atoms with van der Waals surface area (Å²) >= 11 is 0. The van der Waals surface area contributed by atoms with Gasteiger partial charge in [-0.05, 0) is 59.5 Å². The Kier molecular flexibility index (Phi) is 10.4. The average Bonchev–Trinajstić information content (AvgIpc) is 3.60. The van der Waals surface area contributed by atoms with Gasteiger partial charge in [0.25, 0.3) is 5.91 Å². The van der Waals surface area contributed by atoms with E-state index in [2.05, 4.69) is 44.8 Å². The lowest BCUT2D eigenvalue weighted by molar-refractivity contribution is -0.149. The van der Waals surface area contributed by atoms with Crippen molar-refractivity contribution in [3.8, 4) is 5.75 Å². The summed E-state index contributed by atoms with van der Waals surface area (Å²) in [5, 5.41) is 11.2. The highest BCUT2D eigenvalue weighted by molar-refractivity contribution is 6.91. The summed E-state index contributed by atoms with van der Waals surface area (Å²) in [6.07, 6.45) is 2.19. The van der Waals surface area contributed by atoms with Gasteiger partial charge < -0.3 is 24.4 Å². The van der Waals surface area contributed by atoms with Gasteiger partial charge in [-0.25, -0.2) is 0 Å². The molecule has 1 N–H and O–H groups in total. The molecule has 4 aromatic rings. The minimum Gasteiger partial charge on any atom is -0.497 e. The Bertz CT molecular complexity index is 2050. The number of methoxy groups -OCH3 is 1. The van der Waals surface area contributed by atoms with Gasteiger partial charge in [-0.15, -0.1) is 6.58 Å². The van der Waals surface area contributed by atoms with Gasteiger partial charge in [-0.2, -0.15) is 0 Å². The quantitative estimate of drug-likeness (QED) is 0.132. The number of hydrogen-bond donors (Lipinski definition) is 1. The Balaban J connectivity index is 1.35. The van der Waals surface area contributed by atoms with Gasteiger partial charge in [0.05, 0.1) is 45.7 Å². The third kappa shape index (κ3) is 6.35. The molecule has 3 aliphatic heterocycles. The zero-order valence-corrected chi connectivity index (χ0v) is 32.5. The fourth-order valence-corrected chi connectivity index (χ4v) is 13.2. The Morgan fingerprint density at radius 2 is 1.72 bits per heavy atom. The SMILES string of the molecule is C=CCN1C(=O)[C@]2(O[C@H](CC(=O)N(CCO)Cc3ccccc3)[C@@H]([Si](C)(C)c3ccc(OC)cc3)[C@@H]2C)c2cc(N3C(=O)CCc4ccccc43)ccc21. The maximum Gasteiger partial charge on any atom is 0.264 e. The molecule has 3 heterocycles.